The van der Waals surface area contributed by atoms with Crippen LogP contribution in [-0.4, -0.2) is 38.8 Å². The topological polar surface area (TPSA) is 61.9 Å². The van der Waals surface area contributed by atoms with E-state index in [1.165, 1.54) is 4.90 Å². The van der Waals surface area contributed by atoms with E-state index in [2.05, 4.69) is 15.0 Å². The highest BCUT2D eigenvalue weighted by molar-refractivity contribution is 5.92. The van der Waals surface area contributed by atoms with Crippen LogP contribution in [0.4, 0.5) is 22.0 Å². The Bertz CT molecular complexity index is 1070. The van der Waals surface area contributed by atoms with Crippen LogP contribution in [0.1, 0.15) is 40.4 Å². The van der Waals surface area contributed by atoms with Crippen molar-refractivity contribution in [2.75, 3.05) is 13.1 Å². The van der Waals surface area contributed by atoms with Gasteiger partial charge in [-0.15, -0.1) is 0 Å². The van der Waals surface area contributed by atoms with Crippen LogP contribution in [0.3, 0.4) is 0 Å². The number of amides is 1. The SMILES string of the molecule is O=C(c1ncc(C(F)(F)F)cc1F)N1CCC(c2c(F)cnc3[nH]ccc23)CC1. The van der Waals surface area contributed by atoms with Crippen molar-refractivity contribution < 1.29 is 26.7 Å². The zero-order chi connectivity index (χ0) is 20.8. The normalized spacial score (nSPS) is 15.8. The number of pyridine rings is 2. The Balaban J connectivity index is 1.50. The van der Waals surface area contributed by atoms with Gasteiger partial charge in [-0.3, -0.25) is 4.79 Å². The lowest BCUT2D eigenvalue weighted by molar-refractivity contribution is -0.138. The van der Waals surface area contributed by atoms with Gasteiger partial charge in [-0.05, 0) is 30.9 Å². The van der Waals surface area contributed by atoms with Gasteiger partial charge < -0.3 is 9.88 Å². The maximum Gasteiger partial charge on any atom is 0.417 e. The van der Waals surface area contributed by atoms with E-state index >= 15 is 0 Å². The van der Waals surface area contributed by atoms with Crippen molar-refractivity contribution >= 4 is 16.9 Å². The average molecular weight is 410 g/mol. The largest absolute Gasteiger partial charge is 0.417 e. The van der Waals surface area contributed by atoms with Crippen LogP contribution in [0, 0.1) is 11.6 Å². The molecule has 0 unspecified atom stereocenters. The van der Waals surface area contributed by atoms with Crippen molar-refractivity contribution in [1.29, 1.82) is 0 Å². The summed E-state index contributed by atoms with van der Waals surface area (Å²) in [5.74, 6) is -2.69. The van der Waals surface area contributed by atoms with E-state index in [0.29, 0.717) is 35.6 Å². The lowest BCUT2D eigenvalue weighted by atomic mass is 9.88. The van der Waals surface area contributed by atoms with Crippen molar-refractivity contribution in [2.45, 2.75) is 24.9 Å². The fourth-order valence-electron chi connectivity index (χ4n) is 3.69. The third-order valence-corrected chi connectivity index (χ3v) is 5.14. The molecule has 4 heterocycles. The lowest BCUT2D eigenvalue weighted by Gasteiger charge is -2.32. The molecule has 1 amide bonds. The first-order valence-corrected chi connectivity index (χ1v) is 8.89. The molecule has 3 aromatic heterocycles. The molecule has 1 fully saturated rings. The summed E-state index contributed by atoms with van der Waals surface area (Å²) >= 11 is 0. The Labute approximate surface area is 161 Å². The molecule has 0 aliphatic carbocycles. The zero-order valence-electron chi connectivity index (χ0n) is 14.9. The second kappa shape index (κ2) is 7.09. The summed E-state index contributed by atoms with van der Waals surface area (Å²) in [6, 6.07) is 2.00. The molecule has 1 aliphatic heterocycles. The summed E-state index contributed by atoms with van der Waals surface area (Å²) in [4.78, 5) is 24.1. The molecule has 0 saturated carbocycles. The maximum atomic E-state index is 14.4. The van der Waals surface area contributed by atoms with Gasteiger partial charge in [0.2, 0.25) is 0 Å². The number of fused-ring (bicyclic) bond motifs is 1. The monoisotopic (exact) mass is 410 g/mol. The first-order valence-electron chi connectivity index (χ1n) is 8.89. The van der Waals surface area contributed by atoms with Crippen molar-refractivity contribution in [3.8, 4) is 0 Å². The second-order valence-electron chi connectivity index (χ2n) is 6.88. The molecular weight excluding hydrogens is 395 g/mol. The standard InChI is InChI=1S/C19H15F5N4O/c20-13-7-11(19(22,23)24)8-26-16(13)18(29)28-5-2-10(3-6-28)15-12-1-4-25-17(12)27-9-14(15)21/h1,4,7-10H,2-3,5-6H2,(H,25,27). The summed E-state index contributed by atoms with van der Waals surface area (Å²) < 4.78 is 66.4. The van der Waals surface area contributed by atoms with Crippen LogP contribution in [0.25, 0.3) is 11.0 Å². The number of aromatic amines is 1. The molecule has 0 aromatic carbocycles. The van der Waals surface area contributed by atoms with Crippen molar-refractivity contribution in [3.05, 3.63) is 59.2 Å². The third-order valence-electron chi connectivity index (χ3n) is 5.14. The van der Waals surface area contributed by atoms with Gasteiger partial charge in [0.1, 0.15) is 11.5 Å². The van der Waals surface area contributed by atoms with E-state index in [-0.39, 0.29) is 25.1 Å². The highest BCUT2D eigenvalue weighted by Gasteiger charge is 2.34. The summed E-state index contributed by atoms with van der Waals surface area (Å²) in [5, 5.41) is 0.672. The van der Waals surface area contributed by atoms with Crippen LogP contribution < -0.4 is 0 Å². The number of H-pyrrole nitrogens is 1. The molecule has 0 atom stereocenters. The third kappa shape index (κ3) is 3.54. The molecule has 29 heavy (non-hydrogen) atoms. The van der Waals surface area contributed by atoms with E-state index < -0.39 is 35.0 Å². The van der Waals surface area contributed by atoms with E-state index in [1.807, 2.05) is 0 Å². The summed E-state index contributed by atoms with van der Waals surface area (Å²) in [7, 11) is 0. The van der Waals surface area contributed by atoms with Crippen molar-refractivity contribution in [2.24, 2.45) is 0 Å². The van der Waals surface area contributed by atoms with Crippen molar-refractivity contribution in [1.82, 2.24) is 19.9 Å². The molecule has 1 saturated heterocycles. The molecular formula is C19H15F5N4O. The minimum absolute atomic E-state index is 0.161. The summed E-state index contributed by atoms with van der Waals surface area (Å²) in [5.41, 5.74) is -0.827. The molecule has 3 aromatic rings. The molecule has 1 N–H and O–H groups in total. The molecule has 152 valence electrons. The number of carbonyl (C=O) groups excluding carboxylic acids is 1. The Kier molecular flexibility index (Phi) is 4.71. The van der Waals surface area contributed by atoms with Crippen LogP contribution in [0.2, 0.25) is 0 Å². The number of carbonyl (C=O) groups is 1. The first-order chi connectivity index (χ1) is 13.8. The predicted molar refractivity (Wildman–Crippen MR) is 93.1 cm³/mol. The minimum atomic E-state index is -4.74. The highest BCUT2D eigenvalue weighted by atomic mass is 19.4. The van der Waals surface area contributed by atoms with Crippen LogP contribution in [0.15, 0.2) is 30.7 Å². The average Bonchev–Trinajstić information content (AvgIpc) is 3.15. The molecule has 4 rings (SSSR count). The van der Waals surface area contributed by atoms with Gasteiger partial charge in [-0.1, -0.05) is 0 Å². The lowest BCUT2D eigenvalue weighted by Crippen LogP contribution is -2.39. The number of hydrogen-bond donors (Lipinski definition) is 1. The van der Waals surface area contributed by atoms with Gasteiger partial charge in [-0.25, -0.2) is 18.7 Å². The maximum absolute atomic E-state index is 14.4. The number of aromatic nitrogens is 3. The Morgan fingerprint density at radius 3 is 2.48 bits per heavy atom. The van der Waals surface area contributed by atoms with Gasteiger partial charge in [0.15, 0.2) is 11.5 Å². The Hall–Kier alpha value is -3.04. The number of nitrogens with zero attached hydrogens (tertiary/aromatic N) is 3. The Morgan fingerprint density at radius 1 is 1.10 bits per heavy atom. The van der Waals surface area contributed by atoms with Gasteiger partial charge >= 0.3 is 6.18 Å². The summed E-state index contributed by atoms with van der Waals surface area (Å²) in [6.45, 7) is 0.415. The van der Waals surface area contributed by atoms with E-state index in [4.69, 9.17) is 0 Å². The van der Waals surface area contributed by atoms with Gasteiger partial charge in [-0.2, -0.15) is 13.2 Å². The van der Waals surface area contributed by atoms with Gasteiger partial charge in [0, 0.05) is 36.4 Å². The number of hydrogen-bond acceptors (Lipinski definition) is 3. The van der Waals surface area contributed by atoms with E-state index in [0.717, 1.165) is 6.20 Å². The first kappa shape index (κ1) is 19.3. The fraction of sp³-hybridized carbons (Fsp3) is 0.316. The number of likely N-dealkylation sites (tertiary alicyclic amines) is 1. The number of rotatable bonds is 2. The summed E-state index contributed by atoms with van der Waals surface area (Å²) in [6.07, 6.45) is -0.639. The van der Waals surface area contributed by atoms with E-state index in [1.54, 1.807) is 12.3 Å². The zero-order valence-corrected chi connectivity index (χ0v) is 14.9. The molecule has 1 aliphatic rings. The predicted octanol–water partition coefficient (Wildman–Crippen LogP) is 4.27. The van der Waals surface area contributed by atoms with Gasteiger partial charge in [0.25, 0.3) is 5.91 Å². The highest BCUT2D eigenvalue weighted by Crippen LogP contribution is 2.35. The van der Waals surface area contributed by atoms with E-state index in [9.17, 15) is 26.7 Å². The molecule has 0 radical (unpaired) electrons. The van der Waals surface area contributed by atoms with Gasteiger partial charge in [0.05, 0.1) is 11.8 Å². The van der Waals surface area contributed by atoms with Crippen LogP contribution in [-0.2, 0) is 6.18 Å². The quantitative estimate of drug-likeness (QED) is 0.642. The van der Waals surface area contributed by atoms with Crippen LogP contribution in [0.5, 0.6) is 0 Å². The molecule has 5 nitrogen and oxygen atoms in total. The second-order valence-corrected chi connectivity index (χ2v) is 6.88. The molecule has 0 spiro atoms. The molecule has 10 heteroatoms. The smallest absolute Gasteiger partial charge is 0.346 e. The molecule has 0 bridgehead atoms. The Morgan fingerprint density at radius 2 is 1.83 bits per heavy atom. The number of piperidine rings is 1. The number of halogens is 5. The number of nitrogens with one attached hydrogen (secondary N) is 1. The minimum Gasteiger partial charge on any atom is -0.346 e. The number of alkyl halides is 3. The van der Waals surface area contributed by atoms with Crippen molar-refractivity contribution in [3.63, 3.8) is 0 Å². The fourth-order valence-corrected chi connectivity index (χ4v) is 3.69. The van der Waals surface area contributed by atoms with Crippen LogP contribution >= 0.6 is 0 Å².